The van der Waals surface area contributed by atoms with Crippen molar-refractivity contribution in [2.75, 3.05) is 6.54 Å². The molecule has 0 bridgehead atoms. The fraction of sp³-hybridized carbons (Fsp3) is 0.867. The molecule has 3 unspecified atom stereocenters. The molecule has 1 aliphatic rings. The zero-order chi connectivity index (χ0) is 15.7. The molecule has 0 spiro atoms. The normalized spacial score (nSPS) is 25.5. The second kappa shape index (κ2) is 6.12. The number of likely N-dealkylation sites (tertiary alicyclic amines) is 1. The maximum atomic E-state index is 12.7. The highest BCUT2D eigenvalue weighted by Crippen LogP contribution is 2.28. The third-order valence-electron chi connectivity index (χ3n) is 4.61. The molecule has 1 saturated heterocycles. The Kier molecular flexibility index (Phi) is 5.19. The molecule has 0 aromatic carbocycles. The summed E-state index contributed by atoms with van der Waals surface area (Å²) in [7, 11) is 0. The molecule has 5 nitrogen and oxygen atoms in total. The van der Waals surface area contributed by atoms with Gasteiger partial charge in [0.15, 0.2) is 0 Å². The first kappa shape index (κ1) is 17.0. The van der Waals surface area contributed by atoms with Gasteiger partial charge < -0.3 is 10.0 Å². The van der Waals surface area contributed by atoms with Crippen LogP contribution in [0.3, 0.4) is 0 Å². The van der Waals surface area contributed by atoms with Crippen molar-refractivity contribution >= 4 is 11.9 Å². The van der Waals surface area contributed by atoms with E-state index < -0.39 is 11.5 Å². The summed E-state index contributed by atoms with van der Waals surface area (Å²) in [6, 6.07) is 0.465. The van der Waals surface area contributed by atoms with Gasteiger partial charge in [-0.2, -0.15) is 0 Å². The highest BCUT2D eigenvalue weighted by molar-refractivity contribution is 5.89. The topological polar surface area (TPSA) is 60.9 Å². The van der Waals surface area contributed by atoms with Gasteiger partial charge in [-0.1, -0.05) is 0 Å². The van der Waals surface area contributed by atoms with Gasteiger partial charge in [-0.05, 0) is 54.4 Å². The Morgan fingerprint density at radius 1 is 1.30 bits per heavy atom. The maximum absolute atomic E-state index is 12.7. The molecule has 0 aliphatic carbocycles. The van der Waals surface area contributed by atoms with Gasteiger partial charge in [-0.25, -0.2) is 4.79 Å². The standard InChI is InChI=1S/C15H28N2O3/c1-7-16(15(5,6)14(19)20)13(18)12(4)17-10(2)8-9-11(17)3/h10-12H,7-9H2,1-6H3,(H,19,20). The molecule has 116 valence electrons. The SMILES string of the molecule is CCN(C(=O)C(C)N1C(C)CCC1C)C(C)(C)C(=O)O. The second-order valence-corrected chi connectivity index (χ2v) is 6.35. The summed E-state index contributed by atoms with van der Waals surface area (Å²) in [6.45, 7) is 11.5. The van der Waals surface area contributed by atoms with Gasteiger partial charge in [0.25, 0.3) is 0 Å². The van der Waals surface area contributed by atoms with Crippen molar-refractivity contribution in [2.45, 2.75) is 78.0 Å². The summed E-state index contributed by atoms with van der Waals surface area (Å²) < 4.78 is 0. The van der Waals surface area contributed by atoms with E-state index in [2.05, 4.69) is 18.7 Å². The molecule has 1 heterocycles. The third-order valence-corrected chi connectivity index (χ3v) is 4.61. The average molecular weight is 284 g/mol. The Labute approximate surface area is 121 Å². The fourth-order valence-corrected chi connectivity index (χ4v) is 3.27. The van der Waals surface area contributed by atoms with Gasteiger partial charge in [0.05, 0.1) is 6.04 Å². The summed E-state index contributed by atoms with van der Waals surface area (Å²) in [5, 5.41) is 9.34. The van der Waals surface area contributed by atoms with E-state index in [0.29, 0.717) is 18.6 Å². The van der Waals surface area contributed by atoms with Crippen LogP contribution in [-0.4, -0.2) is 57.0 Å². The van der Waals surface area contributed by atoms with Crippen molar-refractivity contribution in [2.24, 2.45) is 0 Å². The Morgan fingerprint density at radius 2 is 1.75 bits per heavy atom. The molecule has 0 aromatic heterocycles. The van der Waals surface area contributed by atoms with E-state index in [-0.39, 0.29) is 11.9 Å². The smallest absolute Gasteiger partial charge is 0.329 e. The van der Waals surface area contributed by atoms with E-state index in [1.165, 1.54) is 4.90 Å². The lowest BCUT2D eigenvalue weighted by Crippen LogP contribution is -2.59. The molecule has 20 heavy (non-hydrogen) atoms. The molecule has 0 aromatic rings. The van der Waals surface area contributed by atoms with Gasteiger partial charge in [0, 0.05) is 18.6 Å². The molecule has 1 N–H and O–H groups in total. The number of aliphatic carboxylic acids is 1. The highest BCUT2D eigenvalue weighted by atomic mass is 16.4. The van der Waals surface area contributed by atoms with Gasteiger partial charge in [-0.3, -0.25) is 9.69 Å². The van der Waals surface area contributed by atoms with E-state index >= 15 is 0 Å². The summed E-state index contributed by atoms with van der Waals surface area (Å²) >= 11 is 0. The monoisotopic (exact) mass is 284 g/mol. The molecular weight excluding hydrogens is 256 g/mol. The van der Waals surface area contributed by atoms with Crippen LogP contribution in [0.2, 0.25) is 0 Å². The predicted octanol–water partition coefficient (Wildman–Crippen LogP) is 1.96. The molecule has 5 heteroatoms. The minimum atomic E-state index is -1.17. The van der Waals surface area contributed by atoms with Crippen molar-refractivity contribution in [3.05, 3.63) is 0 Å². The number of nitrogens with zero attached hydrogens (tertiary/aromatic N) is 2. The van der Waals surface area contributed by atoms with Crippen molar-refractivity contribution < 1.29 is 14.7 Å². The molecule has 1 aliphatic heterocycles. The summed E-state index contributed by atoms with van der Waals surface area (Å²) in [5.74, 6) is -1.07. The van der Waals surface area contributed by atoms with E-state index in [1.807, 2.05) is 13.8 Å². The molecule has 0 radical (unpaired) electrons. The lowest BCUT2D eigenvalue weighted by molar-refractivity contribution is -0.159. The van der Waals surface area contributed by atoms with Crippen LogP contribution in [0.25, 0.3) is 0 Å². The number of hydrogen-bond donors (Lipinski definition) is 1. The van der Waals surface area contributed by atoms with Crippen LogP contribution in [0.4, 0.5) is 0 Å². The van der Waals surface area contributed by atoms with Crippen LogP contribution in [0.15, 0.2) is 0 Å². The van der Waals surface area contributed by atoms with E-state index in [4.69, 9.17) is 0 Å². The number of carbonyl (C=O) groups is 2. The van der Waals surface area contributed by atoms with Crippen molar-refractivity contribution in [3.63, 3.8) is 0 Å². The lowest BCUT2D eigenvalue weighted by atomic mass is 10.0. The minimum absolute atomic E-state index is 0.0968. The van der Waals surface area contributed by atoms with E-state index in [0.717, 1.165) is 12.8 Å². The predicted molar refractivity (Wildman–Crippen MR) is 78.6 cm³/mol. The van der Waals surface area contributed by atoms with Crippen molar-refractivity contribution in [3.8, 4) is 0 Å². The van der Waals surface area contributed by atoms with Gasteiger partial charge in [0.2, 0.25) is 5.91 Å². The number of carbonyl (C=O) groups excluding carboxylic acids is 1. The molecule has 1 fully saturated rings. The van der Waals surface area contributed by atoms with Crippen LogP contribution >= 0.6 is 0 Å². The summed E-state index contributed by atoms with van der Waals surface area (Å²) in [4.78, 5) is 27.8. The first-order valence-corrected chi connectivity index (χ1v) is 7.46. The Morgan fingerprint density at radius 3 is 2.10 bits per heavy atom. The van der Waals surface area contributed by atoms with Crippen LogP contribution in [0, 0.1) is 0 Å². The first-order chi connectivity index (χ1) is 9.14. The Bertz CT molecular complexity index is 371. The first-order valence-electron chi connectivity index (χ1n) is 7.46. The zero-order valence-electron chi connectivity index (χ0n) is 13.5. The maximum Gasteiger partial charge on any atom is 0.329 e. The van der Waals surface area contributed by atoms with Gasteiger partial charge in [0.1, 0.15) is 5.54 Å². The van der Waals surface area contributed by atoms with E-state index in [9.17, 15) is 14.7 Å². The fourth-order valence-electron chi connectivity index (χ4n) is 3.27. The number of likely N-dealkylation sites (N-methyl/N-ethyl adjacent to an activating group) is 1. The number of hydrogen-bond acceptors (Lipinski definition) is 3. The Hall–Kier alpha value is -1.10. The van der Waals surface area contributed by atoms with Crippen LogP contribution in [0.5, 0.6) is 0 Å². The number of carboxylic acids is 1. The lowest BCUT2D eigenvalue weighted by Gasteiger charge is -2.40. The van der Waals surface area contributed by atoms with Gasteiger partial charge >= 0.3 is 5.97 Å². The number of amides is 1. The largest absolute Gasteiger partial charge is 0.480 e. The van der Waals surface area contributed by atoms with Crippen LogP contribution < -0.4 is 0 Å². The third kappa shape index (κ3) is 2.97. The summed E-state index contributed by atoms with van der Waals surface area (Å²) in [5.41, 5.74) is -1.17. The van der Waals surface area contributed by atoms with Gasteiger partial charge in [-0.15, -0.1) is 0 Å². The molecular formula is C15H28N2O3. The van der Waals surface area contributed by atoms with Crippen molar-refractivity contribution in [1.29, 1.82) is 0 Å². The molecule has 1 amide bonds. The van der Waals surface area contributed by atoms with E-state index in [1.54, 1.807) is 13.8 Å². The number of carboxylic acid groups (broad SMARTS) is 1. The second-order valence-electron chi connectivity index (χ2n) is 6.35. The quantitative estimate of drug-likeness (QED) is 0.838. The highest BCUT2D eigenvalue weighted by Gasteiger charge is 2.42. The minimum Gasteiger partial charge on any atom is -0.480 e. The molecule has 0 saturated carbocycles. The Balaban J connectivity index is 2.94. The molecule has 3 atom stereocenters. The van der Waals surface area contributed by atoms with Crippen LogP contribution in [0.1, 0.15) is 54.4 Å². The molecule has 1 rings (SSSR count). The van der Waals surface area contributed by atoms with Crippen LogP contribution in [-0.2, 0) is 9.59 Å². The average Bonchev–Trinajstić information content (AvgIpc) is 2.68. The number of rotatable bonds is 5. The van der Waals surface area contributed by atoms with Crippen molar-refractivity contribution in [1.82, 2.24) is 9.80 Å². The summed E-state index contributed by atoms with van der Waals surface area (Å²) in [6.07, 6.45) is 2.18. The zero-order valence-corrected chi connectivity index (χ0v) is 13.5.